The first kappa shape index (κ1) is 14.0. The number of amides is 1. The standard InChI is InChI=1S/C12H22N2O3/c1-4-9(10(15)17-3)14-11(16)12(2)6-5-7-13-8-12/h9,13H,4-8H2,1-3H3,(H,14,16). The number of carbonyl (C=O) groups excluding carboxylic acids is 2. The molecule has 0 aromatic heterocycles. The number of esters is 1. The van der Waals surface area contributed by atoms with E-state index in [1.807, 2.05) is 13.8 Å². The van der Waals surface area contributed by atoms with Crippen molar-refractivity contribution < 1.29 is 14.3 Å². The van der Waals surface area contributed by atoms with Crippen LogP contribution in [0.5, 0.6) is 0 Å². The number of carbonyl (C=O) groups is 2. The minimum absolute atomic E-state index is 0.0676. The summed E-state index contributed by atoms with van der Waals surface area (Å²) in [7, 11) is 1.33. The van der Waals surface area contributed by atoms with Gasteiger partial charge >= 0.3 is 5.97 Å². The third-order valence-electron chi connectivity index (χ3n) is 3.34. The molecule has 0 aromatic rings. The van der Waals surface area contributed by atoms with Crippen LogP contribution in [0.3, 0.4) is 0 Å². The predicted molar refractivity (Wildman–Crippen MR) is 64.4 cm³/mol. The number of piperidine rings is 1. The first-order chi connectivity index (χ1) is 8.03. The molecule has 1 amide bonds. The molecule has 0 aliphatic carbocycles. The normalized spacial score (nSPS) is 26.1. The Bertz CT molecular complexity index is 285. The van der Waals surface area contributed by atoms with Crippen LogP contribution in [0.25, 0.3) is 0 Å². The van der Waals surface area contributed by atoms with Crippen molar-refractivity contribution in [2.45, 2.75) is 39.2 Å². The smallest absolute Gasteiger partial charge is 0.328 e. The Morgan fingerprint density at radius 3 is 2.71 bits per heavy atom. The molecule has 0 saturated carbocycles. The van der Waals surface area contributed by atoms with E-state index in [0.29, 0.717) is 13.0 Å². The highest BCUT2D eigenvalue weighted by Gasteiger charge is 2.36. The summed E-state index contributed by atoms with van der Waals surface area (Å²) in [6.45, 7) is 5.40. The van der Waals surface area contributed by atoms with E-state index in [1.54, 1.807) is 0 Å². The molecule has 1 fully saturated rings. The van der Waals surface area contributed by atoms with Gasteiger partial charge in [0.15, 0.2) is 0 Å². The molecule has 2 atom stereocenters. The monoisotopic (exact) mass is 242 g/mol. The molecule has 1 aliphatic rings. The van der Waals surface area contributed by atoms with E-state index in [-0.39, 0.29) is 11.9 Å². The highest BCUT2D eigenvalue weighted by molar-refractivity contribution is 5.88. The number of hydrogen-bond acceptors (Lipinski definition) is 4. The summed E-state index contributed by atoms with van der Waals surface area (Å²) in [5, 5.41) is 5.99. The summed E-state index contributed by atoms with van der Waals surface area (Å²) >= 11 is 0. The van der Waals surface area contributed by atoms with E-state index in [1.165, 1.54) is 7.11 Å². The van der Waals surface area contributed by atoms with Crippen LogP contribution in [-0.4, -0.2) is 38.1 Å². The minimum Gasteiger partial charge on any atom is -0.467 e. The molecule has 5 heteroatoms. The maximum absolute atomic E-state index is 12.2. The summed E-state index contributed by atoms with van der Waals surface area (Å²) in [5.41, 5.74) is -0.417. The zero-order valence-corrected chi connectivity index (χ0v) is 10.8. The second-order valence-electron chi connectivity index (χ2n) is 4.80. The summed E-state index contributed by atoms with van der Waals surface area (Å²) in [6, 6.07) is -0.536. The molecule has 2 N–H and O–H groups in total. The first-order valence-corrected chi connectivity index (χ1v) is 6.13. The highest BCUT2D eigenvalue weighted by Crippen LogP contribution is 2.25. The third-order valence-corrected chi connectivity index (χ3v) is 3.34. The molecule has 1 aliphatic heterocycles. The Morgan fingerprint density at radius 1 is 1.53 bits per heavy atom. The van der Waals surface area contributed by atoms with Crippen LogP contribution < -0.4 is 10.6 Å². The molecule has 0 aromatic carbocycles. The second kappa shape index (κ2) is 6.00. The first-order valence-electron chi connectivity index (χ1n) is 6.13. The Kier molecular flexibility index (Phi) is 4.93. The largest absolute Gasteiger partial charge is 0.467 e. The second-order valence-corrected chi connectivity index (χ2v) is 4.80. The quantitative estimate of drug-likeness (QED) is 0.702. The van der Waals surface area contributed by atoms with Crippen LogP contribution >= 0.6 is 0 Å². The van der Waals surface area contributed by atoms with E-state index < -0.39 is 11.5 Å². The molecule has 2 unspecified atom stereocenters. The van der Waals surface area contributed by atoms with Gasteiger partial charge in [0.25, 0.3) is 0 Å². The Labute approximate surface area is 102 Å². The zero-order valence-electron chi connectivity index (χ0n) is 10.8. The Morgan fingerprint density at radius 2 is 2.24 bits per heavy atom. The Hall–Kier alpha value is -1.10. The lowest BCUT2D eigenvalue weighted by Crippen LogP contribution is -2.52. The molecule has 0 radical (unpaired) electrons. The summed E-state index contributed by atoms with van der Waals surface area (Å²) in [4.78, 5) is 23.6. The van der Waals surface area contributed by atoms with E-state index in [9.17, 15) is 9.59 Å². The van der Waals surface area contributed by atoms with Crippen LogP contribution in [0.4, 0.5) is 0 Å². The van der Waals surface area contributed by atoms with Crippen molar-refractivity contribution >= 4 is 11.9 Å². The zero-order chi connectivity index (χ0) is 12.9. The summed E-state index contributed by atoms with van der Waals surface area (Å²) in [5.74, 6) is -0.449. The van der Waals surface area contributed by atoms with Crippen LogP contribution in [0.1, 0.15) is 33.1 Å². The van der Waals surface area contributed by atoms with Gasteiger partial charge in [-0.05, 0) is 32.7 Å². The van der Waals surface area contributed by atoms with Crippen molar-refractivity contribution in [2.75, 3.05) is 20.2 Å². The fraction of sp³-hybridized carbons (Fsp3) is 0.833. The van der Waals surface area contributed by atoms with Gasteiger partial charge in [0.1, 0.15) is 6.04 Å². The lowest BCUT2D eigenvalue weighted by atomic mass is 9.81. The number of nitrogens with one attached hydrogen (secondary N) is 2. The predicted octanol–water partition coefficient (Wildman–Crippen LogP) is 0.444. The van der Waals surface area contributed by atoms with Crippen LogP contribution in [0.2, 0.25) is 0 Å². The number of rotatable bonds is 4. The van der Waals surface area contributed by atoms with E-state index in [4.69, 9.17) is 0 Å². The molecular formula is C12H22N2O3. The average Bonchev–Trinajstić information content (AvgIpc) is 2.35. The summed E-state index contributed by atoms with van der Waals surface area (Å²) in [6.07, 6.45) is 2.38. The van der Waals surface area contributed by atoms with Gasteiger partial charge in [0, 0.05) is 6.54 Å². The van der Waals surface area contributed by atoms with Crippen molar-refractivity contribution in [3.63, 3.8) is 0 Å². The molecule has 0 bridgehead atoms. The molecule has 1 saturated heterocycles. The molecule has 98 valence electrons. The molecule has 1 rings (SSSR count). The number of methoxy groups -OCH3 is 1. The fourth-order valence-electron chi connectivity index (χ4n) is 2.05. The third kappa shape index (κ3) is 3.43. The average molecular weight is 242 g/mol. The molecule has 5 nitrogen and oxygen atoms in total. The Balaban J connectivity index is 2.60. The van der Waals surface area contributed by atoms with Gasteiger partial charge in [-0.15, -0.1) is 0 Å². The fourth-order valence-corrected chi connectivity index (χ4v) is 2.05. The van der Waals surface area contributed by atoms with Gasteiger partial charge < -0.3 is 15.4 Å². The van der Waals surface area contributed by atoms with E-state index in [2.05, 4.69) is 15.4 Å². The summed E-state index contributed by atoms with van der Waals surface area (Å²) < 4.78 is 4.66. The highest BCUT2D eigenvalue weighted by atomic mass is 16.5. The maximum atomic E-state index is 12.2. The maximum Gasteiger partial charge on any atom is 0.328 e. The van der Waals surface area contributed by atoms with Crippen molar-refractivity contribution in [2.24, 2.45) is 5.41 Å². The lowest BCUT2D eigenvalue weighted by Gasteiger charge is -2.33. The van der Waals surface area contributed by atoms with Gasteiger partial charge in [-0.1, -0.05) is 6.92 Å². The van der Waals surface area contributed by atoms with Crippen LogP contribution in [0, 0.1) is 5.41 Å². The lowest BCUT2D eigenvalue weighted by molar-refractivity contribution is -0.146. The van der Waals surface area contributed by atoms with Crippen molar-refractivity contribution in [1.82, 2.24) is 10.6 Å². The van der Waals surface area contributed by atoms with Gasteiger partial charge in [-0.25, -0.2) is 4.79 Å². The number of ether oxygens (including phenoxy) is 1. The van der Waals surface area contributed by atoms with Gasteiger partial charge in [-0.3, -0.25) is 4.79 Å². The molecular weight excluding hydrogens is 220 g/mol. The minimum atomic E-state index is -0.536. The van der Waals surface area contributed by atoms with Crippen molar-refractivity contribution in [3.8, 4) is 0 Å². The van der Waals surface area contributed by atoms with Gasteiger partial charge in [-0.2, -0.15) is 0 Å². The molecule has 1 heterocycles. The van der Waals surface area contributed by atoms with Crippen LogP contribution in [-0.2, 0) is 14.3 Å². The SMILES string of the molecule is CCC(NC(=O)C1(C)CCCNC1)C(=O)OC. The molecule has 17 heavy (non-hydrogen) atoms. The van der Waals surface area contributed by atoms with Crippen LogP contribution in [0.15, 0.2) is 0 Å². The van der Waals surface area contributed by atoms with Crippen molar-refractivity contribution in [3.05, 3.63) is 0 Å². The van der Waals surface area contributed by atoms with Crippen molar-refractivity contribution in [1.29, 1.82) is 0 Å². The van der Waals surface area contributed by atoms with E-state index in [0.717, 1.165) is 19.4 Å². The number of hydrogen-bond donors (Lipinski definition) is 2. The van der Waals surface area contributed by atoms with E-state index >= 15 is 0 Å². The van der Waals surface area contributed by atoms with Gasteiger partial charge in [0.2, 0.25) is 5.91 Å². The van der Waals surface area contributed by atoms with Gasteiger partial charge in [0.05, 0.1) is 12.5 Å². The topological polar surface area (TPSA) is 67.4 Å². The molecule has 0 spiro atoms.